The second-order valence-corrected chi connectivity index (χ2v) is 9.04. The monoisotopic (exact) mass is 531 g/mol. The van der Waals surface area contributed by atoms with Gasteiger partial charge in [0, 0.05) is 10.4 Å². The molecule has 4 aromatic carbocycles. The van der Waals surface area contributed by atoms with Gasteiger partial charge in [0.1, 0.15) is 11.3 Å². The summed E-state index contributed by atoms with van der Waals surface area (Å²) in [5.74, 6) is -1.71. The zero-order valence-corrected chi connectivity index (χ0v) is 20.0. The highest BCUT2D eigenvalue weighted by Crippen LogP contribution is 2.39. The lowest BCUT2D eigenvalue weighted by molar-refractivity contribution is 0.161. The predicted octanol–water partition coefficient (Wildman–Crippen LogP) is 7.18. The molecule has 0 saturated heterocycles. The predicted molar refractivity (Wildman–Crippen MR) is 142 cm³/mol. The van der Waals surface area contributed by atoms with Gasteiger partial charge in [-0.1, -0.05) is 94.7 Å². The van der Waals surface area contributed by atoms with Gasteiger partial charge in [0.15, 0.2) is 0 Å². The first kappa shape index (κ1) is 17.7. The Morgan fingerprint density at radius 1 is 0.857 bits per heavy atom. The molecular formula is C30H23BrO4. The smallest absolute Gasteiger partial charge is 0.343 e. The summed E-state index contributed by atoms with van der Waals surface area (Å²) >= 11 is 3.42. The van der Waals surface area contributed by atoms with E-state index in [1.807, 2.05) is 36.4 Å². The van der Waals surface area contributed by atoms with Crippen LogP contribution in [0.1, 0.15) is 42.0 Å². The molecule has 1 heterocycles. The Morgan fingerprint density at radius 3 is 2.17 bits per heavy atom. The Kier molecular flexibility index (Phi) is 5.01. The standard InChI is InChI=1S/C30H23BrO4/c31-23-16-14-20(15-17-23)19-10-12-22(13-11-19)26(32)18-25(21-6-2-1-3-7-21)28-29(33)24-8-4-5-9-27(24)35-30(28)34/h1-17,25-26,32-33H,18H2/i1D,2D,3D,6D,7D. The van der Waals surface area contributed by atoms with Gasteiger partial charge in [-0.05, 0) is 52.9 Å². The summed E-state index contributed by atoms with van der Waals surface area (Å²) in [5, 5.41) is 22.7. The number of aliphatic hydroxyl groups excluding tert-OH is 1. The van der Waals surface area contributed by atoms with E-state index in [4.69, 9.17) is 11.3 Å². The van der Waals surface area contributed by atoms with Gasteiger partial charge in [-0.15, -0.1) is 0 Å². The lowest BCUT2D eigenvalue weighted by atomic mass is 9.84. The topological polar surface area (TPSA) is 70.7 Å². The molecule has 1 aromatic heterocycles. The lowest BCUT2D eigenvalue weighted by Gasteiger charge is -2.22. The molecular weight excluding hydrogens is 504 g/mol. The van der Waals surface area contributed by atoms with Crippen LogP contribution in [0.2, 0.25) is 0 Å². The normalized spacial score (nSPS) is 15.0. The van der Waals surface area contributed by atoms with Crippen molar-refractivity contribution in [2.75, 3.05) is 0 Å². The van der Waals surface area contributed by atoms with Gasteiger partial charge in [-0.3, -0.25) is 0 Å². The van der Waals surface area contributed by atoms with E-state index in [1.165, 1.54) is 6.07 Å². The SMILES string of the molecule is [2H]c1c([2H])c([2H])c(C(CC(O)c2ccc(-c3ccc(Br)cc3)cc2)c2c(O)c3ccccc3oc2=O)c([2H])c1[2H]. The van der Waals surface area contributed by atoms with Crippen molar-refractivity contribution in [3.8, 4) is 16.9 Å². The zero-order chi connectivity index (χ0) is 28.7. The van der Waals surface area contributed by atoms with Crippen LogP contribution in [0.3, 0.4) is 0 Å². The molecule has 2 atom stereocenters. The zero-order valence-electron chi connectivity index (χ0n) is 23.4. The fraction of sp³-hybridized carbons (Fsp3) is 0.100. The van der Waals surface area contributed by atoms with Gasteiger partial charge in [0.05, 0.1) is 23.9 Å². The summed E-state index contributed by atoms with van der Waals surface area (Å²) in [6.45, 7) is 0. The Hall–Kier alpha value is -3.67. The summed E-state index contributed by atoms with van der Waals surface area (Å²) in [7, 11) is 0. The quantitative estimate of drug-likeness (QED) is 0.227. The van der Waals surface area contributed by atoms with Crippen LogP contribution in [0.4, 0.5) is 0 Å². The van der Waals surface area contributed by atoms with Crippen LogP contribution in [0.15, 0.2) is 117 Å². The van der Waals surface area contributed by atoms with Crippen LogP contribution in [-0.4, -0.2) is 10.2 Å². The molecule has 0 bridgehead atoms. The third-order valence-electron chi connectivity index (χ3n) is 5.97. The fourth-order valence-electron chi connectivity index (χ4n) is 4.17. The van der Waals surface area contributed by atoms with Crippen molar-refractivity contribution in [3.63, 3.8) is 0 Å². The second-order valence-electron chi connectivity index (χ2n) is 8.12. The minimum atomic E-state index is -1.28. The van der Waals surface area contributed by atoms with Crippen LogP contribution in [0.5, 0.6) is 5.75 Å². The molecule has 174 valence electrons. The van der Waals surface area contributed by atoms with Gasteiger partial charge < -0.3 is 14.6 Å². The highest BCUT2D eigenvalue weighted by Gasteiger charge is 2.27. The minimum absolute atomic E-state index is 0.137. The summed E-state index contributed by atoms with van der Waals surface area (Å²) in [5.41, 5.74) is 1.09. The van der Waals surface area contributed by atoms with Gasteiger partial charge in [-0.25, -0.2) is 4.79 Å². The Labute approximate surface area is 218 Å². The maximum absolute atomic E-state index is 13.2. The first-order chi connectivity index (χ1) is 19.1. The molecule has 0 saturated carbocycles. The van der Waals surface area contributed by atoms with E-state index >= 15 is 0 Å². The summed E-state index contributed by atoms with van der Waals surface area (Å²) in [6, 6.07) is 18.4. The number of benzene rings is 4. The molecule has 5 aromatic rings. The first-order valence-corrected chi connectivity index (χ1v) is 11.7. The van der Waals surface area contributed by atoms with Crippen molar-refractivity contribution in [2.45, 2.75) is 18.4 Å². The maximum atomic E-state index is 13.2. The number of para-hydroxylation sites is 1. The highest BCUT2D eigenvalue weighted by atomic mass is 79.9. The highest BCUT2D eigenvalue weighted by molar-refractivity contribution is 9.10. The van der Waals surface area contributed by atoms with E-state index < -0.39 is 53.6 Å². The molecule has 0 aliphatic heterocycles. The molecule has 5 heteroatoms. The van der Waals surface area contributed by atoms with Crippen molar-refractivity contribution < 1.29 is 21.5 Å². The number of halogens is 1. The second kappa shape index (κ2) is 9.90. The van der Waals surface area contributed by atoms with Gasteiger partial charge in [-0.2, -0.15) is 0 Å². The average molecular weight is 532 g/mol. The van der Waals surface area contributed by atoms with Crippen LogP contribution < -0.4 is 5.63 Å². The molecule has 0 fully saturated rings. The fourth-order valence-corrected chi connectivity index (χ4v) is 4.43. The molecule has 35 heavy (non-hydrogen) atoms. The molecule has 4 nitrogen and oxygen atoms in total. The van der Waals surface area contributed by atoms with E-state index in [0.717, 1.165) is 15.6 Å². The Morgan fingerprint density at radius 2 is 1.49 bits per heavy atom. The third-order valence-corrected chi connectivity index (χ3v) is 6.50. The number of aromatic hydroxyl groups is 1. The van der Waals surface area contributed by atoms with Crippen LogP contribution in [-0.2, 0) is 0 Å². The molecule has 5 rings (SSSR count). The number of fused-ring (bicyclic) bond motifs is 1. The molecule has 2 unspecified atom stereocenters. The number of hydrogen-bond acceptors (Lipinski definition) is 4. The molecule has 2 N–H and O–H groups in total. The molecule has 0 amide bonds. The minimum Gasteiger partial charge on any atom is -0.507 e. The summed E-state index contributed by atoms with van der Waals surface area (Å²) in [6.07, 6.45) is -1.48. The largest absolute Gasteiger partial charge is 0.507 e. The van der Waals surface area contributed by atoms with Crippen LogP contribution in [0, 0.1) is 0 Å². The molecule has 0 spiro atoms. The number of hydrogen-bond donors (Lipinski definition) is 2. The van der Waals surface area contributed by atoms with E-state index in [-0.39, 0.29) is 28.5 Å². The van der Waals surface area contributed by atoms with E-state index in [9.17, 15) is 15.0 Å². The van der Waals surface area contributed by atoms with Crippen molar-refractivity contribution >= 4 is 26.9 Å². The lowest BCUT2D eigenvalue weighted by Crippen LogP contribution is -2.17. The average Bonchev–Trinajstić information content (AvgIpc) is 2.95. The summed E-state index contributed by atoms with van der Waals surface area (Å²) in [4.78, 5) is 13.2. The van der Waals surface area contributed by atoms with Crippen LogP contribution >= 0.6 is 15.9 Å². The Bertz CT molecular complexity index is 1760. The van der Waals surface area contributed by atoms with E-state index in [2.05, 4.69) is 15.9 Å². The van der Waals surface area contributed by atoms with Gasteiger partial charge >= 0.3 is 5.63 Å². The maximum Gasteiger partial charge on any atom is 0.343 e. The molecule has 0 aliphatic rings. The molecule has 0 aliphatic carbocycles. The van der Waals surface area contributed by atoms with E-state index in [0.29, 0.717) is 5.56 Å². The first-order valence-electron chi connectivity index (χ1n) is 13.4. The van der Waals surface area contributed by atoms with Crippen molar-refractivity contribution in [2.24, 2.45) is 0 Å². The van der Waals surface area contributed by atoms with E-state index in [1.54, 1.807) is 30.3 Å². The van der Waals surface area contributed by atoms with Crippen LogP contribution in [0.25, 0.3) is 22.1 Å². The van der Waals surface area contributed by atoms with Gasteiger partial charge in [0.25, 0.3) is 0 Å². The van der Waals surface area contributed by atoms with Crippen molar-refractivity contribution in [3.05, 3.63) is 135 Å². The van der Waals surface area contributed by atoms with Crippen molar-refractivity contribution in [1.82, 2.24) is 0 Å². The Balaban J connectivity index is 1.63. The number of aliphatic hydroxyl groups is 1. The third kappa shape index (κ3) is 4.78. The summed E-state index contributed by atoms with van der Waals surface area (Å²) < 4.78 is 47.8. The van der Waals surface area contributed by atoms with Gasteiger partial charge in [0.2, 0.25) is 0 Å². The van der Waals surface area contributed by atoms with Crippen molar-refractivity contribution in [1.29, 1.82) is 0 Å². The number of rotatable bonds is 6. The molecule has 0 radical (unpaired) electrons.